The summed E-state index contributed by atoms with van der Waals surface area (Å²) in [6, 6.07) is 1.74. The number of nitrogens with zero attached hydrogens (tertiary/aromatic N) is 1. The lowest BCUT2D eigenvalue weighted by Crippen LogP contribution is -2.28. The maximum atomic E-state index is 11.6. The minimum atomic E-state index is -0.692. The maximum Gasteiger partial charge on any atom is 0.253 e. The normalized spacial score (nSPS) is 12.9. The summed E-state index contributed by atoms with van der Waals surface area (Å²) < 4.78 is 2.27. The first-order valence-corrected chi connectivity index (χ1v) is 5.48. The van der Waals surface area contributed by atoms with E-state index in [4.69, 9.17) is 11.6 Å². The van der Waals surface area contributed by atoms with Gasteiger partial charge in [0.05, 0.1) is 18.5 Å². The lowest BCUT2D eigenvalue weighted by molar-refractivity contribution is 0.175. The standard InChI is InChI=1S/C9H11BrClNO2/c1-6-2-7(10)4-12(9(6)14)5-8(13)3-11/h2,4,8,13H,3,5H2,1H3. The number of hydrogen-bond donors (Lipinski definition) is 1. The summed E-state index contributed by atoms with van der Waals surface area (Å²) in [6.45, 7) is 1.96. The predicted octanol–water partition coefficient (Wildman–Crippen LogP) is 1.52. The summed E-state index contributed by atoms with van der Waals surface area (Å²) in [4.78, 5) is 11.6. The van der Waals surface area contributed by atoms with Gasteiger partial charge in [-0.05, 0) is 28.9 Å². The van der Waals surface area contributed by atoms with Gasteiger partial charge < -0.3 is 9.67 Å². The van der Waals surface area contributed by atoms with Crippen LogP contribution < -0.4 is 5.56 Å². The lowest BCUT2D eigenvalue weighted by Gasteiger charge is -2.10. The van der Waals surface area contributed by atoms with Crippen LogP contribution in [-0.4, -0.2) is 21.7 Å². The third-order valence-corrected chi connectivity index (χ3v) is 2.61. The van der Waals surface area contributed by atoms with Crippen molar-refractivity contribution in [3.63, 3.8) is 0 Å². The Bertz CT molecular complexity index is 378. The molecule has 0 aliphatic rings. The van der Waals surface area contributed by atoms with Crippen LogP contribution in [-0.2, 0) is 6.54 Å². The van der Waals surface area contributed by atoms with Gasteiger partial charge in [-0.3, -0.25) is 4.79 Å². The Morgan fingerprint density at radius 3 is 2.93 bits per heavy atom. The largest absolute Gasteiger partial charge is 0.390 e. The van der Waals surface area contributed by atoms with Gasteiger partial charge in [-0.15, -0.1) is 11.6 Å². The van der Waals surface area contributed by atoms with E-state index < -0.39 is 6.10 Å². The molecule has 5 heteroatoms. The van der Waals surface area contributed by atoms with Gasteiger partial charge in [0, 0.05) is 16.2 Å². The predicted molar refractivity (Wildman–Crippen MR) is 59.9 cm³/mol. The molecular weight excluding hydrogens is 269 g/mol. The Kier molecular flexibility index (Phi) is 4.16. The van der Waals surface area contributed by atoms with Gasteiger partial charge in [0.1, 0.15) is 0 Å². The molecule has 0 spiro atoms. The van der Waals surface area contributed by atoms with Crippen LogP contribution >= 0.6 is 27.5 Å². The van der Waals surface area contributed by atoms with Crippen LogP contribution in [0.4, 0.5) is 0 Å². The van der Waals surface area contributed by atoms with Crippen molar-refractivity contribution in [2.24, 2.45) is 0 Å². The van der Waals surface area contributed by atoms with Crippen molar-refractivity contribution in [1.82, 2.24) is 4.57 Å². The molecule has 1 N–H and O–H groups in total. The average Bonchev–Trinajstić information content (AvgIpc) is 2.13. The zero-order valence-corrected chi connectivity index (χ0v) is 10.0. The SMILES string of the molecule is Cc1cc(Br)cn(CC(O)CCl)c1=O. The quantitative estimate of drug-likeness (QED) is 0.853. The van der Waals surface area contributed by atoms with E-state index in [1.54, 1.807) is 19.2 Å². The molecular formula is C9H11BrClNO2. The second kappa shape index (κ2) is 4.96. The number of aryl methyl sites for hydroxylation is 1. The molecule has 0 saturated carbocycles. The molecule has 78 valence electrons. The molecule has 0 fully saturated rings. The Labute approximate surface area is 95.4 Å². The average molecular weight is 281 g/mol. The number of aromatic nitrogens is 1. The van der Waals surface area contributed by atoms with Gasteiger partial charge in [0.15, 0.2) is 0 Å². The van der Waals surface area contributed by atoms with Gasteiger partial charge in [0.2, 0.25) is 0 Å². The van der Waals surface area contributed by atoms with E-state index in [2.05, 4.69) is 15.9 Å². The molecule has 0 aliphatic heterocycles. The molecule has 0 aromatic carbocycles. The van der Waals surface area contributed by atoms with Crippen molar-refractivity contribution in [3.8, 4) is 0 Å². The fourth-order valence-corrected chi connectivity index (χ4v) is 1.84. The number of aliphatic hydroxyl groups is 1. The molecule has 0 radical (unpaired) electrons. The van der Waals surface area contributed by atoms with Crippen LogP contribution in [0.1, 0.15) is 5.56 Å². The number of pyridine rings is 1. The highest BCUT2D eigenvalue weighted by molar-refractivity contribution is 9.10. The summed E-state index contributed by atoms with van der Waals surface area (Å²) in [5, 5.41) is 9.31. The smallest absolute Gasteiger partial charge is 0.253 e. The molecule has 1 unspecified atom stereocenters. The lowest BCUT2D eigenvalue weighted by atomic mass is 10.3. The molecule has 0 amide bonds. The highest BCUT2D eigenvalue weighted by atomic mass is 79.9. The molecule has 0 bridgehead atoms. The van der Waals surface area contributed by atoms with Crippen molar-refractivity contribution in [1.29, 1.82) is 0 Å². The molecule has 1 rings (SSSR count). The number of hydrogen-bond acceptors (Lipinski definition) is 2. The summed E-state index contributed by atoms with van der Waals surface area (Å²) in [6.07, 6.45) is 0.952. The van der Waals surface area contributed by atoms with Crippen molar-refractivity contribution in [2.45, 2.75) is 19.6 Å². The van der Waals surface area contributed by atoms with E-state index in [-0.39, 0.29) is 18.0 Å². The van der Waals surface area contributed by atoms with E-state index in [1.165, 1.54) is 4.57 Å². The zero-order chi connectivity index (χ0) is 10.7. The minimum absolute atomic E-state index is 0.0997. The molecule has 3 nitrogen and oxygen atoms in total. The van der Waals surface area contributed by atoms with Crippen LogP contribution in [0, 0.1) is 6.92 Å². The molecule has 0 aliphatic carbocycles. The van der Waals surface area contributed by atoms with Crippen LogP contribution in [0.25, 0.3) is 0 Å². The van der Waals surface area contributed by atoms with Gasteiger partial charge in [-0.25, -0.2) is 0 Å². The molecule has 1 heterocycles. The minimum Gasteiger partial charge on any atom is -0.390 e. The fourth-order valence-electron chi connectivity index (χ4n) is 1.15. The summed E-state index contributed by atoms with van der Waals surface area (Å²) in [5.41, 5.74) is 0.540. The monoisotopic (exact) mass is 279 g/mol. The molecule has 1 atom stereocenters. The zero-order valence-electron chi connectivity index (χ0n) is 7.70. The summed E-state index contributed by atoms with van der Waals surface area (Å²) in [5.74, 6) is 0.123. The number of rotatable bonds is 3. The van der Waals surface area contributed by atoms with Gasteiger partial charge >= 0.3 is 0 Å². The van der Waals surface area contributed by atoms with E-state index in [9.17, 15) is 9.90 Å². The third kappa shape index (κ3) is 2.83. The highest BCUT2D eigenvalue weighted by Crippen LogP contribution is 2.08. The summed E-state index contributed by atoms with van der Waals surface area (Å²) >= 11 is 8.74. The number of halogens is 2. The Balaban J connectivity index is 3.02. The Morgan fingerprint density at radius 2 is 2.36 bits per heavy atom. The molecule has 1 aromatic rings. The van der Waals surface area contributed by atoms with E-state index >= 15 is 0 Å². The Morgan fingerprint density at radius 1 is 1.71 bits per heavy atom. The first kappa shape index (κ1) is 11.8. The molecule has 1 aromatic heterocycles. The molecule has 0 saturated heterocycles. The number of alkyl halides is 1. The topological polar surface area (TPSA) is 42.2 Å². The van der Waals surface area contributed by atoms with Crippen molar-refractivity contribution in [2.75, 3.05) is 5.88 Å². The Hall–Kier alpha value is -0.320. The first-order valence-electron chi connectivity index (χ1n) is 4.15. The van der Waals surface area contributed by atoms with Crippen LogP contribution in [0.5, 0.6) is 0 Å². The maximum absolute atomic E-state index is 11.6. The van der Waals surface area contributed by atoms with E-state index in [1.807, 2.05) is 0 Å². The fraction of sp³-hybridized carbons (Fsp3) is 0.444. The molecule has 14 heavy (non-hydrogen) atoms. The third-order valence-electron chi connectivity index (χ3n) is 1.82. The van der Waals surface area contributed by atoms with E-state index in [0.29, 0.717) is 5.56 Å². The van der Waals surface area contributed by atoms with Crippen molar-refractivity contribution < 1.29 is 5.11 Å². The second-order valence-corrected chi connectivity index (χ2v) is 4.33. The first-order chi connectivity index (χ1) is 6.54. The number of aliphatic hydroxyl groups excluding tert-OH is 1. The van der Waals surface area contributed by atoms with Crippen molar-refractivity contribution in [3.05, 3.63) is 32.7 Å². The van der Waals surface area contributed by atoms with Gasteiger partial charge in [-0.2, -0.15) is 0 Å². The van der Waals surface area contributed by atoms with Crippen LogP contribution in [0.15, 0.2) is 21.5 Å². The van der Waals surface area contributed by atoms with Crippen LogP contribution in [0.2, 0.25) is 0 Å². The summed E-state index contributed by atoms with van der Waals surface area (Å²) in [7, 11) is 0. The van der Waals surface area contributed by atoms with Crippen molar-refractivity contribution >= 4 is 27.5 Å². The highest BCUT2D eigenvalue weighted by Gasteiger charge is 2.06. The van der Waals surface area contributed by atoms with E-state index in [0.717, 1.165) is 4.47 Å². The van der Waals surface area contributed by atoms with Gasteiger partial charge in [-0.1, -0.05) is 0 Å². The van der Waals surface area contributed by atoms with Gasteiger partial charge in [0.25, 0.3) is 5.56 Å². The van der Waals surface area contributed by atoms with Crippen LogP contribution in [0.3, 0.4) is 0 Å². The second-order valence-electron chi connectivity index (χ2n) is 3.11.